The van der Waals surface area contributed by atoms with Gasteiger partial charge >= 0.3 is 11.7 Å². The maximum absolute atomic E-state index is 10.7. The summed E-state index contributed by atoms with van der Waals surface area (Å²) >= 11 is 0. The van der Waals surface area contributed by atoms with Gasteiger partial charge in [0.2, 0.25) is 5.82 Å². The first-order valence-corrected chi connectivity index (χ1v) is 5.08. The van der Waals surface area contributed by atoms with Crippen LogP contribution in [0.15, 0.2) is 18.3 Å². The Morgan fingerprint density at radius 3 is 3.00 bits per heavy atom. The van der Waals surface area contributed by atoms with E-state index in [4.69, 9.17) is 5.11 Å². The van der Waals surface area contributed by atoms with Gasteiger partial charge in [0.15, 0.2) is 0 Å². The van der Waals surface area contributed by atoms with Crippen LogP contribution in [0.2, 0.25) is 0 Å². The average molecular weight is 239 g/mol. The lowest BCUT2D eigenvalue weighted by Gasteiger charge is -2.12. The zero-order chi connectivity index (χ0) is 12.8. The summed E-state index contributed by atoms with van der Waals surface area (Å²) in [6, 6.07) is 2.63. The monoisotopic (exact) mass is 239 g/mol. The van der Waals surface area contributed by atoms with Gasteiger partial charge in [0.05, 0.1) is 4.92 Å². The van der Waals surface area contributed by atoms with Crippen molar-refractivity contribution in [3.05, 3.63) is 28.4 Å². The minimum absolute atomic E-state index is 0.00873. The molecule has 0 fully saturated rings. The molecule has 92 valence electrons. The number of carboxylic acid groups (broad SMARTS) is 1. The first-order chi connectivity index (χ1) is 8.00. The van der Waals surface area contributed by atoms with Gasteiger partial charge in [0.25, 0.3) is 0 Å². The number of aromatic nitrogens is 1. The Morgan fingerprint density at radius 1 is 1.71 bits per heavy atom. The summed E-state index contributed by atoms with van der Waals surface area (Å²) in [6.45, 7) is 1.75. The van der Waals surface area contributed by atoms with E-state index in [1.54, 1.807) is 6.92 Å². The van der Waals surface area contributed by atoms with Crippen molar-refractivity contribution in [2.45, 2.75) is 25.8 Å². The number of carbonyl (C=O) groups is 1. The molecule has 0 aromatic carbocycles. The molecule has 0 spiro atoms. The molecule has 0 aliphatic heterocycles. The molecule has 1 rings (SSSR count). The molecular weight excluding hydrogens is 226 g/mol. The molecule has 0 aliphatic carbocycles. The summed E-state index contributed by atoms with van der Waals surface area (Å²) in [4.78, 5) is 24.4. The number of nitro groups is 1. The van der Waals surface area contributed by atoms with Crippen LogP contribution in [0.1, 0.15) is 19.8 Å². The van der Waals surface area contributed by atoms with E-state index >= 15 is 0 Å². The van der Waals surface area contributed by atoms with E-state index in [-0.39, 0.29) is 24.0 Å². The highest BCUT2D eigenvalue weighted by Crippen LogP contribution is 2.21. The zero-order valence-electron chi connectivity index (χ0n) is 9.29. The van der Waals surface area contributed by atoms with E-state index in [1.807, 2.05) is 0 Å². The zero-order valence-corrected chi connectivity index (χ0v) is 9.29. The molecule has 0 amide bonds. The van der Waals surface area contributed by atoms with E-state index in [0.29, 0.717) is 6.42 Å². The average Bonchev–Trinajstić information content (AvgIpc) is 2.27. The molecule has 17 heavy (non-hydrogen) atoms. The minimum Gasteiger partial charge on any atom is -0.481 e. The van der Waals surface area contributed by atoms with Crippen molar-refractivity contribution in [1.29, 1.82) is 0 Å². The number of nitrogens with one attached hydrogen (secondary N) is 1. The van der Waals surface area contributed by atoms with Crippen molar-refractivity contribution < 1.29 is 14.8 Å². The molecular formula is C10H13N3O4. The maximum Gasteiger partial charge on any atom is 0.311 e. The molecule has 0 aliphatic rings. The van der Waals surface area contributed by atoms with Crippen LogP contribution in [0.25, 0.3) is 0 Å². The third-order valence-corrected chi connectivity index (χ3v) is 2.16. The van der Waals surface area contributed by atoms with Gasteiger partial charge in [-0.1, -0.05) is 0 Å². The molecule has 1 atom stereocenters. The van der Waals surface area contributed by atoms with Crippen LogP contribution in [0.5, 0.6) is 0 Å². The van der Waals surface area contributed by atoms with Crippen molar-refractivity contribution in [3.63, 3.8) is 0 Å². The third kappa shape index (κ3) is 4.06. The number of aliphatic carboxylic acids is 1. The van der Waals surface area contributed by atoms with Gasteiger partial charge in [-0.25, -0.2) is 4.98 Å². The number of carboxylic acids is 1. The molecule has 7 nitrogen and oxygen atoms in total. The third-order valence-electron chi connectivity index (χ3n) is 2.16. The fraction of sp³-hybridized carbons (Fsp3) is 0.400. The normalized spacial score (nSPS) is 11.8. The van der Waals surface area contributed by atoms with Gasteiger partial charge in [-0.3, -0.25) is 14.9 Å². The van der Waals surface area contributed by atoms with Gasteiger partial charge in [0.1, 0.15) is 0 Å². The lowest BCUT2D eigenvalue weighted by molar-refractivity contribution is -0.384. The van der Waals surface area contributed by atoms with E-state index < -0.39 is 10.9 Å². The van der Waals surface area contributed by atoms with Crippen LogP contribution in [0, 0.1) is 10.1 Å². The van der Waals surface area contributed by atoms with Crippen LogP contribution < -0.4 is 5.32 Å². The minimum atomic E-state index is -0.894. The predicted octanol–water partition coefficient (Wildman–Crippen LogP) is 1.65. The topological polar surface area (TPSA) is 105 Å². The predicted molar refractivity (Wildman–Crippen MR) is 60.8 cm³/mol. The van der Waals surface area contributed by atoms with Crippen LogP contribution in [0.3, 0.4) is 0 Å². The first-order valence-electron chi connectivity index (χ1n) is 5.08. The van der Waals surface area contributed by atoms with Gasteiger partial charge < -0.3 is 10.4 Å². The molecule has 7 heteroatoms. The summed E-state index contributed by atoms with van der Waals surface area (Å²) in [6.07, 6.45) is 1.83. The molecule has 1 aromatic heterocycles. The number of pyridine rings is 1. The Bertz CT molecular complexity index is 422. The van der Waals surface area contributed by atoms with Crippen molar-refractivity contribution in [1.82, 2.24) is 4.98 Å². The van der Waals surface area contributed by atoms with Crippen molar-refractivity contribution in [3.8, 4) is 0 Å². The van der Waals surface area contributed by atoms with Gasteiger partial charge in [-0.15, -0.1) is 0 Å². The van der Waals surface area contributed by atoms with Crippen LogP contribution in [-0.2, 0) is 4.79 Å². The van der Waals surface area contributed by atoms with E-state index in [9.17, 15) is 14.9 Å². The fourth-order valence-corrected chi connectivity index (χ4v) is 1.30. The quantitative estimate of drug-likeness (QED) is 0.577. The Kier molecular flexibility index (Phi) is 4.38. The molecule has 1 heterocycles. The van der Waals surface area contributed by atoms with Crippen LogP contribution in [-0.4, -0.2) is 27.0 Å². The number of anilines is 1. The fourth-order valence-electron chi connectivity index (χ4n) is 1.30. The Labute approximate surface area is 97.6 Å². The number of hydrogen-bond acceptors (Lipinski definition) is 5. The molecule has 0 saturated heterocycles. The second kappa shape index (κ2) is 5.78. The highest BCUT2D eigenvalue weighted by atomic mass is 16.6. The van der Waals surface area contributed by atoms with Gasteiger partial charge in [0, 0.05) is 24.7 Å². The van der Waals surface area contributed by atoms with Crippen molar-refractivity contribution >= 4 is 17.5 Å². The first kappa shape index (κ1) is 12.9. The highest BCUT2D eigenvalue weighted by molar-refractivity contribution is 5.66. The second-order valence-corrected chi connectivity index (χ2v) is 3.61. The standard InChI is InChI=1S/C10H13N3O4/c1-7(4-5-9(14)15)12-10-8(13(16)17)3-2-6-11-10/h2-3,6-7H,4-5H2,1H3,(H,11,12)(H,14,15). The summed E-state index contributed by atoms with van der Waals surface area (Å²) < 4.78 is 0. The number of hydrogen-bond donors (Lipinski definition) is 2. The molecule has 0 saturated carbocycles. The summed E-state index contributed by atoms with van der Waals surface area (Å²) in [7, 11) is 0. The summed E-state index contributed by atoms with van der Waals surface area (Å²) in [5, 5.41) is 22.1. The van der Waals surface area contributed by atoms with Crippen molar-refractivity contribution in [2.75, 3.05) is 5.32 Å². The van der Waals surface area contributed by atoms with Crippen LogP contribution in [0.4, 0.5) is 11.5 Å². The number of rotatable bonds is 6. The van der Waals surface area contributed by atoms with Gasteiger partial charge in [-0.05, 0) is 19.4 Å². The second-order valence-electron chi connectivity index (χ2n) is 3.61. The largest absolute Gasteiger partial charge is 0.481 e. The SMILES string of the molecule is CC(CCC(=O)O)Nc1ncccc1[N+](=O)[O-]. The smallest absolute Gasteiger partial charge is 0.311 e. The molecule has 1 unspecified atom stereocenters. The molecule has 0 bridgehead atoms. The molecule has 0 radical (unpaired) electrons. The molecule has 2 N–H and O–H groups in total. The lowest BCUT2D eigenvalue weighted by Crippen LogP contribution is -2.18. The summed E-state index contributed by atoms with van der Waals surface area (Å²) in [5.41, 5.74) is -0.116. The maximum atomic E-state index is 10.7. The summed E-state index contributed by atoms with van der Waals surface area (Å²) in [5.74, 6) is -0.732. The van der Waals surface area contributed by atoms with E-state index in [1.165, 1.54) is 18.3 Å². The van der Waals surface area contributed by atoms with E-state index in [0.717, 1.165) is 0 Å². The Hall–Kier alpha value is -2.18. The van der Waals surface area contributed by atoms with Crippen LogP contribution >= 0.6 is 0 Å². The number of nitrogens with zero attached hydrogens (tertiary/aromatic N) is 2. The highest BCUT2D eigenvalue weighted by Gasteiger charge is 2.16. The van der Waals surface area contributed by atoms with Gasteiger partial charge in [-0.2, -0.15) is 0 Å². The Morgan fingerprint density at radius 2 is 2.41 bits per heavy atom. The molecule has 1 aromatic rings. The Balaban J connectivity index is 2.67. The van der Waals surface area contributed by atoms with E-state index in [2.05, 4.69) is 10.3 Å². The lowest BCUT2D eigenvalue weighted by atomic mass is 10.2. The van der Waals surface area contributed by atoms with Crippen molar-refractivity contribution in [2.24, 2.45) is 0 Å².